The summed E-state index contributed by atoms with van der Waals surface area (Å²) in [6.07, 6.45) is 2.97. The van der Waals surface area contributed by atoms with Crippen LogP contribution < -0.4 is 16.0 Å². The Morgan fingerprint density at radius 2 is 1.77 bits per heavy atom. The van der Waals surface area contributed by atoms with E-state index < -0.39 is 35.7 Å². The Balaban J connectivity index is 1.35. The maximum atomic E-state index is 14.3. The molecule has 0 aromatic heterocycles. The summed E-state index contributed by atoms with van der Waals surface area (Å²) in [4.78, 5) is 54.7. The van der Waals surface area contributed by atoms with Crippen LogP contribution in [0.5, 0.6) is 0 Å². The summed E-state index contributed by atoms with van der Waals surface area (Å²) in [7, 11) is 2.49. The Labute approximate surface area is 273 Å². The number of ether oxygens (including phenoxy) is 2. The number of anilines is 1. The highest BCUT2D eigenvalue weighted by Gasteiger charge is 2.43. The number of hydrogen-bond acceptors (Lipinski definition) is 7. The van der Waals surface area contributed by atoms with Gasteiger partial charge in [0.05, 0.1) is 25.0 Å². The zero-order valence-corrected chi connectivity index (χ0v) is 27.2. The van der Waals surface area contributed by atoms with Crippen molar-refractivity contribution >= 4 is 29.6 Å². The molecule has 2 aliphatic heterocycles. The molecule has 5 amide bonds. The number of esters is 1. The third-order valence-corrected chi connectivity index (χ3v) is 8.26. The molecule has 47 heavy (non-hydrogen) atoms. The molecule has 3 N–H and O–H groups in total. The highest BCUT2D eigenvalue weighted by molar-refractivity contribution is 6.01. The van der Waals surface area contributed by atoms with Crippen molar-refractivity contribution < 1.29 is 37.4 Å². The zero-order valence-electron chi connectivity index (χ0n) is 27.2. The molecule has 0 saturated carbocycles. The van der Waals surface area contributed by atoms with Crippen LogP contribution in [0.4, 0.5) is 24.1 Å². The van der Waals surface area contributed by atoms with Gasteiger partial charge in [0.15, 0.2) is 11.6 Å². The Morgan fingerprint density at radius 1 is 1.02 bits per heavy atom. The molecule has 2 aromatic carbocycles. The van der Waals surface area contributed by atoms with Gasteiger partial charge < -0.3 is 30.3 Å². The van der Waals surface area contributed by atoms with E-state index >= 15 is 0 Å². The number of halogens is 2. The maximum Gasteiger partial charge on any atom is 0.338 e. The molecule has 0 bridgehead atoms. The Bertz CT molecular complexity index is 1490. The van der Waals surface area contributed by atoms with Gasteiger partial charge in [0.1, 0.15) is 6.04 Å². The van der Waals surface area contributed by atoms with Gasteiger partial charge in [-0.15, -0.1) is 0 Å². The molecule has 2 aromatic rings. The molecule has 2 aliphatic rings. The number of carbonyl (C=O) groups excluding carboxylic acids is 4. The number of methoxy groups -OCH3 is 2. The lowest BCUT2D eigenvalue weighted by Crippen LogP contribution is -2.55. The van der Waals surface area contributed by atoms with Crippen molar-refractivity contribution in [3.8, 4) is 0 Å². The minimum absolute atomic E-state index is 0.00856. The second-order valence-corrected chi connectivity index (χ2v) is 12.2. The van der Waals surface area contributed by atoms with E-state index in [-0.39, 0.29) is 41.8 Å². The van der Waals surface area contributed by atoms with E-state index in [1.165, 1.54) is 18.7 Å². The van der Waals surface area contributed by atoms with Crippen molar-refractivity contribution in [3.05, 3.63) is 76.5 Å². The minimum Gasteiger partial charge on any atom is -0.466 e. The number of nitrogens with one attached hydrogen (secondary N) is 3. The van der Waals surface area contributed by atoms with Crippen molar-refractivity contribution in [1.82, 2.24) is 20.4 Å². The van der Waals surface area contributed by atoms with Crippen molar-refractivity contribution in [2.75, 3.05) is 52.3 Å². The molecule has 4 rings (SSSR count). The molecule has 254 valence electrons. The molecule has 2 heterocycles. The molecule has 1 saturated heterocycles. The number of amides is 5. The molecule has 0 radical (unpaired) electrons. The molecular formula is C34H43F2N5O6. The fourth-order valence-electron chi connectivity index (χ4n) is 6.00. The van der Waals surface area contributed by atoms with Crippen LogP contribution in [0, 0.1) is 17.6 Å². The fourth-order valence-corrected chi connectivity index (χ4v) is 6.00. The third kappa shape index (κ3) is 9.13. The van der Waals surface area contributed by atoms with Crippen LogP contribution >= 0.6 is 0 Å². The van der Waals surface area contributed by atoms with E-state index in [9.17, 15) is 28.0 Å². The van der Waals surface area contributed by atoms with Gasteiger partial charge in [-0.05, 0) is 86.1 Å². The van der Waals surface area contributed by atoms with Gasteiger partial charge in [0.25, 0.3) is 0 Å². The summed E-state index contributed by atoms with van der Waals surface area (Å²) in [6.45, 7) is 6.50. The van der Waals surface area contributed by atoms with Gasteiger partial charge in [-0.2, -0.15) is 0 Å². The number of imide groups is 1. The number of nitrogens with zero attached hydrogens (tertiary/aromatic N) is 2. The second kappa shape index (κ2) is 16.5. The lowest BCUT2D eigenvalue weighted by Gasteiger charge is -2.36. The number of benzene rings is 2. The van der Waals surface area contributed by atoms with Crippen molar-refractivity contribution in [2.24, 2.45) is 5.92 Å². The lowest BCUT2D eigenvalue weighted by atomic mass is 9.89. The summed E-state index contributed by atoms with van der Waals surface area (Å²) in [5, 5.41) is 8.23. The summed E-state index contributed by atoms with van der Waals surface area (Å²) in [6, 6.07) is 7.88. The number of rotatable bonds is 12. The highest BCUT2D eigenvalue weighted by Crippen LogP contribution is 2.35. The van der Waals surface area contributed by atoms with E-state index in [4.69, 9.17) is 9.47 Å². The SMILES string of the molecule is COCC1=C(C(=O)OC)[C@H](c2ccc(F)c(F)c2)N(C(=O)NCCCN2CCC(c3cccc(NC(=O)CC(C)C)c3)CC2)C(=O)N1. The summed E-state index contributed by atoms with van der Waals surface area (Å²) < 4.78 is 38.1. The highest BCUT2D eigenvalue weighted by atomic mass is 19.2. The quantitative estimate of drug-likeness (QED) is 0.215. The smallest absolute Gasteiger partial charge is 0.338 e. The maximum absolute atomic E-state index is 14.3. The molecule has 11 nitrogen and oxygen atoms in total. The minimum atomic E-state index is -1.39. The van der Waals surface area contributed by atoms with Crippen LogP contribution in [0.15, 0.2) is 53.7 Å². The topological polar surface area (TPSA) is 129 Å². The number of likely N-dealkylation sites (tertiary alicyclic amines) is 1. The molecule has 0 aliphatic carbocycles. The van der Waals surface area contributed by atoms with Crippen LogP contribution in [0.25, 0.3) is 0 Å². The standard InChI is InChI=1S/C34H43F2N5O6/c1-21(2)17-29(42)38-25-8-5-7-23(18-25)22-11-15-40(16-12-22)14-6-13-37-33(44)41-31(24-9-10-26(35)27(36)19-24)30(32(43)47-4)28(20-46-3)39-34(41)45/h5,7-10,18-19,21-22,31H,6,11-17,20H2,1-4H3,(H,37,44)(H,38,42)(H,39,45)/t31-/m0/s1. The van der Waals surface area contributed by atoms with Crippen LogP contribution in [-0.4, -0.2) is 80.7 Å². The average molecular weight is 656 g/mol. The van der Waals surface area contributed by atoms with Crippen molar-refractivity contribution in [1.29, 1.82) is 0 Å². The Morgan fingerprint density at radius 3 is 2.43 bits per heavy atom. The van der Waals surface area contributed by atoms with Crippen molar-refractivity contribution in [3.63, 3.8) is 0 Å². The molecule has 0 unspecified atom stereocenters. The number of carbonyl (C=O) groups is 4. The predicted molar refractivity (Wildman–Crippen MR) is 171 cm³/mol. The van der Waals surface area contributed by atoms with E-state index in [0.29, 0.717) is 25.3 Å². The first kappa shape index (κ1) is 35.5. The van der Waals surface area contributed by atoms with E-state index in [2.05, 4.69) is 33.0 Å². The lowest BCUT2D eigenvalue weighted by molar-refractivity contribution is -0.137. The third-order valence-electron chi connectivity index (χ3n) is 8.26. The van der Waals surface area contributed by atoms with Gasteiger partial charge in [-0.25, -0.2) is 28.1 Å². The first-order chi connectivity index (χ1) is 22.5. The van der Waals surface area contributed by atoms with Crippen molar-refractivity contribution in [2.45, 2.75) is 51.5 Å². The second-order valence-electron chi connectivity index (χ2n) is 12.2. The fraction of sp³-hybridized carbons (Fsp3) is 0.471. The summed E-state index contributed by atoms with van der Waals surface area (Å²) >= 11 is 0. The molecule has 1 fully saturated rings. The van der Waals surface area contributed by atoms with Gasteiger partial charge in [-0.1, -0.05) is 32.0 Å². The zero-order chi connectivity index (χ0) is 34.1. The van der Waals surface area contributed by atoms with Crippen LogP contribution in [0.2, 0.25) is 0 Å². The van der Waals surface area contributed by atoms with Gasteiger partial charge in [-0.3, -0.25) is 4.79 Å². The van der Waals surface area contributed by atoms with E-state index in [1.807, 2.05) is 26.0 Å². The molecule has 1 atom stereocenters. The van der Waals surface area contributed by atoms with Crippen LogP contribution in [0.3, 0.4) is 0 Å². The molecule has 0 spiro atoms. The van der Waals surface area contributed by atoms with E-state index in [0.717, 1.165) is 55.8 Å². The first-order valence-corrected chi connectivity index (χ1v) is 15.8. The Kier molecular flexibility index (Phi) is 12.4. The predicted octanol–water partition coefficient (Wildman–Crippen LogP) is 5.07. The van der Waals surface area contributed by atoms with Gasteiger partial charge in [0, 0.05) is 25.8 Å². The Hall–Kier alpha value is -4.36. The summed E-state index contributed by atoms with van der Waals surface area (Å²) in [5.74, 6) is -2.51. The molecular weight excluding hydrogens is 612 g/mol. The summed E-state index contributed by atoms with van der Waals surface area (Å²) in [5.41, 5.74) is 1.93. The largest absolute Gasteiger partial charge is 0.466 e. The monoisotopic (exact) mass is 655 g/mol. The number of urea groups is 2. The number of hydrogen-bond donors (Lipinski definition) is 3. The first-order valence-electron chi connectivity index (χ1n) is 15.8. The average Bonchev–Trinajstić information content (AvgIpc) is 3.04. The van der Waals surface area contributed by atoms with Crippen LogP contribution in [0.1, 0.15) is 62.6 Å². The van der Waals surface area contributed by atoms with Crippen LogP contribution in [-0.2, 0) is 19.1 Å². The number of piperidine rings is 1. The van der Waals surface area contributed by atoms with E-state index in [1.54, 1.807) is 0 Å². The normalized spacial score (nSPS) is 17.5. The molecule has 13 heteroatoms. The van der Waals surface area contributed by atoms with Gasteiger partial charge >= 0.3 is 18.0 Å². The van der Waals surface area contributed by atoms with Gasteiger partial charge in [0.2, 0.25) is 5.91 Å².